The number of nitrogens with two attached hydrogens (primary N) is 1. The van der Waals surface area contributed by atoms with Crippen LogP contribution in [0.15, 0.2) is 0 Å². The van der Waals surface area contributed by atoms with Crippen LogP contribution in [0.25, 0.3) is 0 Å². The van der Waals surface area contributed by atoms with Crippen molar-refractivity contribution in [2.24, 2.45) is 5.73 Å². The van der Waals surface area contributed by atoms with E-state index in [0.717, 1.165) is 6.26 Å². The Hall–Kier alpha value is -0.620. The van der Waals surface area contributed by atoms with E-state index in [1.54, 1.807) is 7.05 Å². The first kappa shape index (κ1) is 14.4. The largest absolute Gasteiger partial charge is 0.345 e. The molecule has 0 aliphatic rings. The predicted molar refractivity (Wildman–Crippen MR) is 60.2 cm³/mol. The molecular formula is C9H20N2O3S. The number of carbonyl (C=O) groups excluding carboxylic acids is 1. The topological polar surface area (TPSA) is 80.5 Å². The average molecular weight is 236 g/mol. The Kier molecular flexibility index (Phi) is 5.23. The second-order valence-electron chi connectivity index (χ2n) is 4.00. The van der Waals surface area contributed by atoms with Crippen LogP contribution in [-0.4, -0.2) is 50.4 Å². The van der Waals surface area contributed by atoms with Gasteiger partial charge in [-0.1, -0.05) is 0 Å². The molecule has 5 nitrogen and oxygen atoms in total. The second-order valence-corrected chi connectivity index (χ2v) is 6.36. The lowest BCUT2D eigenvalue weighted by Gasteiger charge is -2.21. The van der Waals surface area contributed by atoms with Crippen LogP contribution in [0.1, 0.15) is 20.3 Å². The molecule has 90 valence electrons. The van der Waals surface area contributed by atoms with E-state index in [9.17, 15) is 13.2 Å². The molecule has 2 atom stereocenters. The van der Waals surface area contributed by atoms with Gasteiger partial charge in [-0.25, -0.2) is 8.42 Å². The van der Waals surface area contributed by atoms with Crippen LogP contribution in [0.2, 0.25) is 0 Å². The molecule has 0 radical (unpaired) electrons. The maximum atomic E-state index is 11.6. The lowest BCUT2D eigenvalue weighted by atomic mass is 10.2. The molecule has 0 aromatic rings. The molecule has 2 unspecified atom stereocenters. The van der Waals surface area contributed by atoms with Gasteiger partial charge in [0.05, 0.1) is 0 Å². The summed E-state index contributed by atoms with van der Waals surface area (Å²) in [6.45, 7) is 3.73. The number of sulfone groups is 1. The fourth-order valence-corrected chi connectivity index (χ4v) is 1.55. The summed E-state index contributed by atoms with van der Waals surface area (Å²) in [5, 5.41) is -0.976. The highest BCUT2D eigenvalue weighted by molar-refractivity contribution is 7.92. The molecule has 0 spiro atoms. The van der Waals surface area contributed by atoms with Crippen LogP contribution in [0, 0.1) is 0 Å². The summed E-state index contributed by atoms with van der Waals surface area (Å²) in [7, 11) is -1.72. The lowest BCUT2D eigenvalue weighted by Crippen LogP contribution is -2.40. The van der Waals surface area contributed by atoms with Gasteiger partial charge in [-0.3, -0.25) is 4.79 Å². The number of nitrogens with zero attached hydrogens (tertiary/aromatic N) is 1. The van der Waals surface area contributed by atoms with Gasteiger partial charge in [0.1, 0.15) is 5.25 Å². The van der Waals surface area contributed by atoms with Gasteiger partial charge in [0, 0.05) is 25.9 Å². The normalized spacial score (nSPS) is 15.8. The molecule has 6 heteroatoms. The smallest absolute Gasteiger partial charge is 0.240 e. The summed E-state index contributed by atoms with van der Waals surface area (Å²) in [6, 6.07) is 0.00814. The molecule has 0 saturated carbocycles. The summed E-state index contributed by atoms with van der Waals surface area (Å²) >= 11 is 0. The average Bonchev–Trinajstić information content (AvgIpc) is 2.10. The summed E-state index contributed by atoms with van der Waals surface area (Å²) < 4.78 is 22.3. The molecule has 0 aliphatic heterocycles. The van der Waals surface area contributed by atoms with Gasteiger partial charge >= 0.3 is 0 Å². The van der Waals surface area contributed by atoms with Crippen molar-refractivity contribution in [2.45, 2.75) is 31.6 Å². The fourth-order valence-electron chi connectivity index (χ4n) is 1.00. The maximum Gasteiger partial charge on any atom is 0.240 e. The molecule has 0 bridgehead atoms. The Bertz CT molecular complexity index is 311. The van der Waals surface area contributed by atoms with Crippen molar-refractivity contribution in [1.29, 1.82) is 0 Å². The summed E-state index contributed by atoms with van der Waals surface area (Å²) in [4.78, 5) is 13.0. The third-order valence-electron chi connectivity index (χ3n) is 2.29. The molecule has 0 saturated heterocycles. The summed E-state index contributed by atoms with van der Waals surface area (Å²) in [5.41, 5.74) is 5.55. The van der Waals surface area contributed by atoms with Crippen LogP contribution >= 0.6 is 0 Å². The van der Waals surface area contributed by atoms with E-state index < -0.39 is 15.1 Å². The first-order chi connectivity index (χ1) is 6.66. The van der Waals surface area contributed by atoms with E-state index in [1.807, 2.05) is 6.92 Å². The Morgan fingerprint density at radius 2 is 1.87 bits per heavy atom. The number of hydrogen-bond acceptors (Lipinski definition) is 4. The van der Waals surface area contributed by atoms with E-state index in [4.69, 9.17) is 5.73 Å². The van der Waals surface area contributed by atoms with Gasteiger partial charge in [0.25, 0.3) is 0 Å². The van der Waals surface area contributed by atoms with Gasteiger partial charge < -0.3 is 10.6 Å². The van der Waals surface area contributed by atoms with Crippen molar-refractivity contribution in [3.8, 4) is 0 Å². The molecule has 0 aromatic carbocycles. The van der Waals surface area contributed by atoms with Gasteiger partial charge in [-0.2, -0.15) is 0 Å². The van der Waals surface area contributed by atoms with Crippen LogP contribution in [0.3, 0.4) is 0 Å². The van der Waals surface area contributed by atoms with Crippen LogP contribution in [0.4, 0.5) is 0 Å². The SMILES string of the molecule is CC(N)CCN(C)C(=O)C(C)S(C)(=O)=O. The predicted octanol–water partition coefficient (Wildman–Crippen LogP) is -0.385. The van der Waals surface area contributed by atoms with Gasteiger partial charge in [-0.15, -0.1) is 0 Å². The van der Waals surface area contributed by atoms with Gasteiger partial charge in [0.2, 0.25) is 5.91 Å². The summed E-state index contributed by atoms with van der Waals surface area (Å²) in [5.74, 6) is -0.377. The Balaban J connectivity index is 4.33. The third-order valence-corrected chi connectivity index (χ3v) is 3.77. The van der Waals surface area contributed by atoms with Crippen molar-refractivity contribution in [3.63, 3.8) is 0 Å². The van der Waals surface area contributed by atoms with Crippen LogP contribution in [0.5, 0.6) is 0 Å². The van der Waals surface area contributed by atoms with E-state index in [0.29, 0.717) is 13.0 Å². The summed E-state index contributed by atoms with van der Waals surface area (Å²) in [6.07, 6.45) is 1.73. The molecular weight excluding hydrogens is 216 g/mol. The van der Waals surface area contributed by atoms with Gasteiger partial charge in [0.15, 0.2) is 9.84 Å². The van der Waals surface area contributed by atoms with Crippen LogP contribution < -0.4 is 5.73 Å². The third kappa shape index (κ3) is 5.13. The Labute approximate surface area is 91.5 Å². The number of amides is 1. The molecule has 0 heterocycles. The second kappa shape index (κ2) is 5.46. The van der Waals surface area contributed by atoms with Crippen molar-refractivity contribution in [2.75, 3.05) is 19.8 Å². The number of hydrogen-bond donors (Lipinski definition) is 1. The molecule has 2 N–H and O–H groups in total. The van der Waals surface area contributed by atoms with Crippen molar-refractivity contribution in [1.82, 2.24) is 4.90 Å². The maximum absolute atomic E-state index is 11.6. The van der Waals surface area contributed by atoms with Crippen LogP contribution in [-0.2, 0) is 14.6 Å². The lowest BCUT2D eigenvalue weighted by molar-refractivity contribution is -0.129. The Morgan fingerprint density at radius 1 is 1.40 bits per heavy atom. The van der Waals surface area contributed by atoms with Crippen molar-refractivity contribution in [3.05, 3.63) is 0 Å². The molecule has 0 rings (SSSR count). The van der Waals surface area contributed by atoms with Crippen molar-refractivity contribution >= 4 is 15.7 Å². The minimum absolute atomic E-state index is 0.00814. The van der Waals surface area contributed by atoms with E-state index >= 15 is 0 Å². The van der Waals surface area contributed by atoms with E-state index in [2.05, 4.69) is 0 Å². The standard InChI is InChI=1S/C9H20N2O3S/c1-7(10)5-6-11(3)9(12)8(2)15(4,13)14/h7-8H,5-6,10H2,1-4H3. The van der Waals surface area contributed by atoms with E-state index in [1.165, 1.54) is 11.8 Å². The van der Waals surface area contributed by atoms with E-state index in [-0.39, 0.29) is 11.9 Å². The zero-order chi connectivity index (χ0) is 12.2. The highest BCUT2D eigenvalue weighted by Gasteiger charge is 2.26. The monoisotopic (exact) mass is 236 g/mol. The minimum Gasteiger partial charge on any atom is -0.345 e. The van der Waals surface area contributed by atoms with Crippen molar-refractivity contribution < 1.29 is 13.2 Å². The molecule has 0 aromatic heterocycles. The number of carbonyl (C=O) groups is 1. The zero-order valence-electron chi connectivity index (χ0n) is 9.73. The quantitative estimate of drug-likeness (QED) is 0.705. The molecule has 0 fully saturated rings. The zero-order valence-corrected chi connectivity index (χ0v) is 10.5. The highest BCUT2D eigenvalue weighted by Crippen LogP contribution is 2.03. The molecule has 0 aliphatic carbocycles. The fraction of sp³-hybridized carbons (Fsp3) is 0.889. The molecule has 1 amide bonds. The first-order valence-corrected chi connectivity index (χ1v) is 6.81. The van der Waals surface area contributed by atoms with Gasteiger partial charge in [-0.05, 0) is 20.3 Å². The minimum atomic E-state index is -3.31. The number of rotatable bonds is 5. The Morgan fingerprint density at radius 3 is 2.20 bits per heavy atom. The highest BCUT2D eigenvalue weighted by atomic mass is 32.2. The molecule has 15 heavy (non-hydrogen) atoms. The first-order valence-electron chi connectivity index (χ1n) is 4.85.